The zero-order valence-electron chi connectivity index (χ0n) is 45.4. The standard InChI is InChI=1S/C65H67N3O/c1-41-33-44(27-29-51(41)42-21-16-14-17-22-42)45-31-32-66-56(37-45)47-34-46(35-49(36-47)63(5,6)7)52-25-20-26-58-59(52)67-61(54-39-50(64(8,9)10)40-55(60(54)69)65(11,12)13)68(58)57-30-28-48(62(2,3)4)38-53(57)43-23-18-15-19-24-43/h14-40,69H,1-13H3/i1D3. The molecule has 9 aromatic rings. The van der Waals surface area contributed by atoms with Crippen molar-refractivity contribution in [2.24, 2.45) is 0 Å². The van der Waals surface area contributed by atoms with Gasteiger partial charge in [-0.1, -0.05) is 192 Å². The van der Waals surface area contributed by atoms with Crippen LogP contribution in [0.2, 0.25) is 0 Å². The Morgan fingerprint density at radius 2 is 1.06 bits per heavy atom. The van der Waals surface area contributed by atoms with Crippen molar-refractivity contribution in [3.05, 3.63) is 192 Å². The first-order valence-electron chi connectivity index (χ1n) is 25.7. The number of pyridine rings is 1. The topological polar surface area (TPSA) is 50.9 Å². The summed E-state index contributed by atoms with van der Waals surface area (Å²) in [6.45, 7) is 24.2. The SMILES string of the molecule is [2H]C([2H])([2H])c1cc(-c2ccnc(-c3cc(-c4cccc5c4nc(-c4cc(C(C)(C)C)cc(C(C)(C)C)c4O)n5-c4ccc(C(C)(C)C)cc4-c4ccccc4)cc(C(C)(C)C)c3)c2)ccc1-c1ccccc1. The van der Waals surface area contributed by atoms with Gasteiger partial charge in [-0.15, -0.1) is 0 Å². The van der Waals surface area contributed by atoms with Crippen LogP contribution in [0.5, 0.6) is 5.75 Å². The highest BCUT2D eigenvalue weighted by Crippen LogP contribution is 2.46. The Morgan fingerprint density at radius 3 is 1.70 bits per heavy atom. The molecule has 0 aliphatic rings. The highest BCUT2D eigenvalue weighted by molar-refractivity contribution is 5.98. The van der Waals surface area contributed by atoms with E-state index in [0.717, 1.165) is 83.6 Å². The number of phenolic OH excluding ortho intramolecular Hbond substituents is 1. The van der Waals surface area contributed by atoms with Gasteiger partial charge in [-0.2, -0.15) is 0 Å². The monoisotopic (exact) mass is 909 g/mol. The minimum absolute atomic E-state index is 0.103. The fraction of sp³-hybridized carbons (Fsp3) is 0.262. The summed E-state index contributed by atoms with van der Waals surface area (Å²) in [4.78, 5) is 10.7. The molecule has 4 nitrogen and oxygen atoms in total. The van der Waals surface area contributed by atoms with E-state index < -0.39 is 6.85 Å². The molecular weight excluding hydrogens is 839 g/mol. The van der Waals surface area contributed by atoms with E-state index in [1.54, 1.807) is 6.07 Å². The number of hydrogen-bond donors (Lipinski definition) is 1. The van der Waals surface area contributed by atoms with E-state index in [4.69, 9.17) is 14.1 Å². The first-order chi connectivity index (χ1) is 33.8. The number of aromatic nitrogens is 3. The minimum Gasteiger partial charge on any atom is -0.507 e. The summed E-state index contributed by atoms with van der Waals surface area (Å²) in [5.41, 5.74) is 16.1. The summed E-state index contributed by atoms with van der Waals surface area (Å²) >= 11 is 0. The van der Waals surface area contributed by atoms with Gasteiger partial charge in [0.25, 0.3) is 0 Å². The summed E-state index contributed by atoms with van der Waals surface area (Å²) in [6.07, 6.45) is 1.81. The Labute approximate surface area is 415 Å². The van der Waals surface area contributed by atoms with Crippen LogP contribution in [0.4, 0.5) is 0 Å². The molecule has 348 valence electrons. The maximum atomic E-state index is 12.6. The average molecular weight is 909 g/mol. The zero-order chi connectivity index (χ0) is 51.7. The van der Waals surface area contributed by atoms with Gasteiger partial charge in [-0.25, -0.2) is 4.98 Å². The van der Waals surface area contributed by atoms with E-state index in [0.29, 0.717) is 22.5 Å². The number of imidazole rings is 1. The molecule has 9 rings (SSSR count). The number of phenols is 1. The van der Waals surface area contributed by atoms with Crippen molar-refractivity contribution in [3.63, 3.8) is 0 Å². The lowest BCUT2D eigenvalue weighted by Gasteiger charge is -2.28. The van der Waals surface area contributed by atoms with Crippen molar-refractivity contribution in [2.45, 2.75) is 112 Å². The van der Waals surface area contributed by atoms with Crippen LogP contribution in [0.25, 0.3) is 83.9 Å². The number of aromatic hydroxyl groups is 1. The molecule has 0 fully saturated rings. The molecule has 0 saturated heterocycles. The van der Waals surface area contributed by atoms with Gasteiger partial charge in [-0.05, 0) is 133 Å². The van der Waals surface area contributed by atoms with Gasteiger partial charge in [0, 0.05) is 32.6 Å². The predicted molar refractivity (Wildman–Crippen MR) is 293 cm³/mol. The summed E-state index contributed by atoms with van der Waals surface area (Å²) in [6, 6.07) is 54.2. The summed E-state index contributed by atoms with van der Waals surface area (Å²) < 4.78 is 27.8. The third-order valence-corrected chi connectivity index (χ3v) is 13.5. The molecular formula is C65H67N3O. The quantitative estimate of drug-likeness (QED) is 0.173. The number of nitrogens with zero attached hydrogens (tertiary/aromatic N) is 3. The number of benzene rings is 7. The van der Waals surface area contributed by atoms with Crippen molar-refractivity contribution in [3.8, 4) is 78.6 Å². The molecule has 0 atom stereocenters. The van der Waals surface area contributed by atoms with Gasteiger partial charge >= 0.3 is 0 Å². The van der Waals surface area contributed by atoms with E-state index >= 15 is 0 Å². The molecule has 4 heteroatoms. The lowest BCUT2D eigenvalue weighted by atomic mass is 9.79. The van der Waals surface area contributed by atoms with Crippen molar-refractivity contribution in [2.75, 3.05) is 0 Å². The second-order valence-electron chi connectivity index (χ2n) is 22.8. The van der Waals surface area contributed by atoms with Crippen LogP contribution in [0.3, 0.4) is 0 Å². The second-order valence-corrected chi connectivity index (χ2v) is 22.8. The maximum Gasteiger partial charge on any atom is 0.149 e. The first-order valence-corrected chi connectivity index (χ1v) is 24.2. The summed E-state index contributed by atoms with van der Waals surface area (Å²) in [5.74, 6) is 0.883. The van der Waals surface area contributed by atoms with Crippen LogP contribution in [-0.4, -0.2) is 19.6 Å². The second kappa shape index (κ2) is 17.5. The van der Waals surface area contributed by atoms with Crippen molar-refractivity contribution in [1.29, 1.82) is 0 Å². The molecule has 0 aliphatic heterocycles. The number of aryl methyl sites for hydroxylation is 1. The zero-order valence-corrected chi connectivity index (χ0v) is 42.4. The van der Waals surface area contributed by atoms with E-state index in [1.807, 2.05) is 54.7 Å². The minimum atomic E-state index is -2.32. The average Bonchev–Trinajstić information content (AvgIpc) is 3.72. The van der Waals surface area contributed by atoms with Crippen LogP contribution in [-0.2, 0) is 21.7 Å². The smallest absolute Gasteiger partial charge is 0.149 e. The number of fused-ring (bicyclic) bond motifs is 1. The van der Waals surface area contributed by atoms with Gasteiger partial charge in [0.2, 0.25) is 0 Å². The fourth-order valence-corrected chi connectivity index (χ4v) is 9.34. The third kappa shape index (κ3) is 9.30. The van der Waals surface area contributed by atoms with Gasteiger partial charge < -0.3 is 5.11 Å². The molecule has 0 radical (unpaired) electrons. The van der Waals surface area contributed by atoms with Crippen LogP contribution in [0.1, 0.15) is 115 Å². The molecule has 0 unspecified atom stereocenters. The molecule has 2 aromatic heterocycles. The van der Waals surface area contributed by atoms with Gasteiger partial charge in [0.05, 0.1) is 28.0 Å². The van der Waals surface area contributed by atoms with Crippen molar-refractivity contribution < 1.29 is 9.22 Å². The van der Waals surface area contributed by atoms with E-state index in [-0.39, 0.29) is 27.4 Å². The Balaban J connectivity index is 1.30. The molecule has 69 heavy (non-hydrogen) atoms. The molecule has 0 saturated carbocycles. The lowest BCUT2D eigenvalue weighted by molar-refractivity contribution is 0.446. The molecule has 1 N–H and O–H groups in total. The number of hydrogen-bond acceptors (Lipinski definition) is 3. The van der Waals surface area contributed by atoms with E-state index in [9.17, 15) is 5.11 Å². The highest BCUT2D eigenvalue weighted by Gasteiger charge is 2.30. The van der Waals surface area contributed by atoms with Gasteiger partial charge in [0.15, 0.2) is 0 Å². The van der Waals surface area contributed by atoms with Crippen LogP contribution in [0.15, 0.2) is 164 Å². The molecule has 0 bridgehead atoms. The molecule has 2 heterocycles. The Morgan fingerprint density at radius 1 is 0.449 bits per heavy atom. The van der Waals surface area contributed by atoms with Gasteiger partial charge in [0.1, 0.15) is 11.6 Å². The van der Waals surface area contributed by atoms with Crippen molar-refractivity contribution in [1.82, 2.24) is 14.5 Å². The first kappa shape index (κ1) is 43.3. The molecule has 0 spiro atoms. The van der Waals surface area contributed by atoms with Crippen LogP contribution in [0, 0.1) is 6.85 Å². The molecule has 0 aliphatic carbocycles. The Kier molecular flexibility index (Phi) is 11.0. The molecule has 7 aromatic carbocycles. The Bertz CT molecular complexity index is 3480. The molecule has 0 amide bonds. The van der Waals surface area contributed by atoms with Crippen LogP contribution < -0.4 is 0 Å². The summed E-state index contributed by atoms with van der Waals surface area (Å²) in [7, 11) is 0. The van der Waals surface area contributed by atoms with Gasteiger partial charge in [-0.3, -0.25) is 9.55 Å². The van der Waals surface area contributed by atoms with E-state index in [1.165, 1.54) is 5.56 Å². The third-order valence-electron chi connectivity index (χ3n) is 13.5. The normalized spacial score (nSPS) is 13.3. The highest BCUT2D eigenvalue weighted by atomic mass is 16.3. The fourth-order valence-electron chi connectivity index (χ4n) is 9.34. The summed E-state index contributed by atoms with van der Waals surface area (Å²) in [5, 5.41) is 12.6. The maximum absolute atomic E-state index is 12.6. The number of rotatable bonds is 7. The van der Waals surface area contributed by atoms with E-state index in [2.05, 4.69) is 191 Å². The van der Waals surface area contributed by atoms with Crippen LogP contribution >= 0.6 is 0 Å². The van der Waals surface area contributed by atoms with Crippen molar-refractivity contribution >= 4 is 11.0 Å². The largest absolute Gasteiger partial charge is 0.507 e. The lowest BCUT2D eigenvalue weighted by Crippen LogP contribution is -2.17. The number of para-hydroxylation sites is 1. The predicted octanol–water partition coefficient (Wildman–Crippen LogP) is 17.6. The Hall–Kier alpha value is -7.04.